The van der Waals surface area contributed by atoms with Gasteiger partial charge in [0.1, 0.15) is 5.82 Å². The van der Waals surface area contributed by atoms with Crippen LogP contribution in [0.3, 0.4) is 0 Å². The fourth-order valence-electron chi connectivity index (χ4n) is 2.48. The van der Waals surface area contributed by atoms with Crippen LogP contribution in [-0.4, -0.2) is 0 Å². The Morgan fingerprint density at radius 1 is 1.00 bits per heavy atom. The molecule has 0 heterocycles. The lowest BCUT2D eigenvalue weighted by Crippen LogP contribution is -2.23. The Labute approximate surface area is 128 Å². The Balaban J connectivity index is 2.15. The van der Waals surface area contributed by atoms with Gasteiger partial charge in [0.05, 0.1) is 0 Å². The summed E-state index contributed by atoms with van der Waals surface area (Å²) in [7, 11) is 0. The standard InChI is InChI=1S/C17H19BrFN/c1-11-6-4-5-7-15(11)12(2)20-13(3)16-9-8-14(18)10-17(16)19/h4-10,12-13,20H,1-3H3/t12-,13?/m0/s1. The third kappa shape index (κ3) is 3.47. The number of hydrogen-bond donors (Lipinski definition) is 1. The minimum absolute atomic E-state index is 0.0438. The molecule has 0 bridgehead atoms. The molecule has 0 aliphatic heterocycles. The first kappa shape index (κ1) is 15.2. The van der Waals surface area contributed by atoms with E-state index in [1.54, 1.807) is 0 Å². The Morgan fingerprint density at radius 3 is 2.30 bits per heavy atom. The second kappa shape index (κ2) is 6.51. The van der Waals surface area contributed by atoms with Crippen LogP contribution in [0.2, 0.25) is 0 Å². The molecule has 1 nitrogen and oxygen atoms in total. The topological polar surface area (TPSA) is 12.0 Å². The van der Waals surface area contributed by atoms with Crippen molar-refractivity contribution in [3.05, 3.63) is 69.4 Å². The highest BCUT2D eigenvalue weighted by atomic mass is 79.9. The van der Waals surface area contributed by atoms with E-state index in [0.29, 0.717) is 5.56 Å². The summed E-state index contributed by atoms with van der Waals surface area (Å²) in [5.74, 6) is -0.184. The first-order valence-corrected chi connectivity index (χ1v) is 7.55. The average molecular weight is 336 g/mol. The summed E-state index contributed by atoms with van der Waals surface area (Å²) in [5.41, 5.74) is 3.18. The minimum Gasteiger partial charge on any atom is -0.304 e. The number of nitrogens with one attached hydrogen (secondary N) is 1. The van der Waals surface area contributed by atoms with Crippen molar-refractivity contribution in [2.75, 3.05) is 0 Å². The molecule has 0 radical (unpaired) electrons. The Bertz CT molecular complexity index is 597. The molecule has 0 saturated heterocycles. The third-order valence-electron chi connectivity index (χ3n) is 3.58. The van der Waals surface area contributed by atoms with E-state index in [1.165, 1.54) is 17.2 Å². The smallest absolute Gasteiger partial charge is 0.129 e. The van der Waals surface area contributed by atoms with Gasteiger partial charge in [-0.2, -0.15) is 0 Å². The zero-order valence-electron chi connectivity index (χ0n) is 12.0. The second-order valence-corrected chi connectivity index (χ2v) is 6.05. The normalized spacial score (nSPS) is 14.1. The van der Waals surface area contributed by atoms with Crippen LogP contribution in [-0.2, 0) is 0 Å². The van der Waals surface area contributed by atoms with Gasteiger partial charge in [0.15, 0.2) is 0 Å². The van der Waals surface area contributed by atoms with Crippen molar-refractivity contribution in [1.29, 1.82) is 0 Å². The van der Waals surface area contributed by atoms with Crippen LogP contribution in [0.5, 0.6) is 0 Å². The number of benzene rings is 2. The van der Waals surface area contributed by atoms with E-state index in [9.17, 15) is 4.39 Å². The molecule has 0 aromatic heterocycles. The van der Waals surface area contributed by atoms with Crippen molar-refractivity contribution < 1.29 is 4.39 Å². The van der Waals surface area contributed by atoms with Gasteiger partial charge >= 0.3 is 0 Å². The average Bonchev–Trinajstić information content (AvgIpc) is 2.38. The molecule has 1 unspecified atom stereocenters. The molecule has 3 heteroatoms. The third-order valence-corrected chi connectivity index (χ3v) is 4.08. The molecule has 2 aromatic rings. The highest BCUT2D eigenvalue weighted by molar-refractivity contribution is 9.10. The lowest BCUT2D eigenvalue weighted by atomic mass is 10.0. The largest absolute Gasteiger partial charge is 0.304 e. The van der Waals surface area contributed by atoms with Crippen LogP contribution >= 0.6 is 15.9 Å². The first-order valence-electron chi connectivity index (χ1n) is 6.75. The summed E-state index contributed by atoms with van der Waals surface area (Å²) >= 11 is 3.28. The molecule has 0 fully saturated rings. The summed E-state index contributed by atoms with van der Waals surface area (Å²) in [6.07, 6.45) is 0. The van der Waals surface area contributed by atoms with Gasteiger partial charge in [-0.25, -0.2) is 4.39 Å². The summed E-state index contributed by atoms with van der Waals surface area (Å²) in [4.78, 5) is 0. The van der Waals surface area contributed by atoms with E-state index in [4.69, 9.17) is 0 Å². The van der Waals surface area contributed by atoms with E-state index in [2.05, 4.69) is 47.2 Å². The summed E-state index contributed by atoms with van der Waals surface area (Å²) < 4.78 is 14.7. The quantitative estimate of drug-likeness (QED) is 0.798. The molecule has 1 N–H and O–H groups in total. The van der Waals surface area contributed by atoms with Crippen LogP contribution in [0.4, 0.5) is 4.39 Å². The molecule has 2 rings (SSSR count). The molecule has 0 aliphatic rings. The van der Waals surface area contributed by atoms with Gasteiger partial charge in [-0.1, -0.05) is 46.3 Å². The predicted octanol–water partition coefficient (Wildman–Crippen LogP) is 5.31. The molecule has 106 valence electrons. The summed E-state index contributed by atoms with van der Waals surface area (Å²) in [6.45, 7) is 6.19. The van der Waals surface area contributed by atoms with Gasteiger partial charge in [-0.3, -0.25) is 0 Å². The highest BCUT2D eigenvalue weighted by Crippen LogP contribution is 2.25. The van der Waals surface area contributed by atoms with Gasteiger partial charge in [-0.15, -0.1) is 0 Å². The zero-order chi connectivity index (χ0) is 14.7. The molecule has 2 atom stereocenters. The molecule has 0 saturated carbocycles. The van der Waals surface area contributed by atoms with Gasteiger partial charge in [-0.05, 0) is 44.0 Å². The molecule has 2 aromatic carbocycles. The van der Waals surface area contributed by atoms with Gasteiger partial charge in [0, 0.05) is 22.1 Å². The van der Waals surface area contributed by atoms with Crippen molar-refractivity contribution >= 4 is 15.9 Å². The molecule has 0 spiro atoms. The fraction of sp³-hybridized carbons (Fsp3) is 0.294. The van der Waals surface area contributed by atoms with Gasteiger partial charge in [0.2, 0.25) is 0 Å². The predicted molar refractivity (Wildman–Crippen MR) is 85.2 cm³/mol. The lowest BCUT2D eigenvalue weighted by molar-refractivity contribution is 0.472. The monoisotopic (exact) mass is 335 g/mol. The van der Waals surface area contributed by atoms with Crippen molar-refractivity contribution in [1.82, 2.24) is 5.32 Å². The highest BCUT2D eigenvalue weighted by Gasteiger charge is 2.15. The fourth-order valence-corrected chi connectivity index (χ4v) is 2.81. The van der Waals surface area contributed by atoms with Crippen LogP contribution in [0.15, 0.2) is 46.9 Å². The molecule has 0 aliphatic carbocycles. The summed E-state index contributed by atoms with van der Waals surface area (Å²) in [6, 6.07) is 13.6. The maximum absolute atomic E-state index is 14.0. The van der Waals surface area contributed by atoms with Crippen LogP contribution in [0.1, 0.15) is 42.6 Å². The number of hydrogen-bond acceptors (Lipinski definition) is 1. The molecular weight excluding hydrogens is 317 g/mol. The molecular formula is C17H19BrFN. The van der Waals surface area contributed by atoms with E-state index in [0.717, 1.165) is 4.47 Å². The van der Waals surface area contributed by atoms with E-state index in [-0.39, 0.29) is 17.9 Å². The molecule has 0 amide bonds. The Kier molecular flexibility index (Phi) is 4.95. The van der Waals surface area contributed by atoms with Crippen molar-refractivity contribution in [3.63, 3.8) is 0 Å². The van der Waals surface area contributed by atoms with Gasteiger partial charge < -0.3 is 5.32 Å². The van der Waals surface area contributed by atoms with Crippen LogP contribution in [0.25, 0.3) is 0 Å². The Hall–Kier alpha value is -1.19. The van der Waals surface area contributed by atoms with Crippen molar-refractivity contribution in [3.8, 4) is 0 Å². The van der Waals surface area contributed by atoms with Crippen molar-refractivity contribution in [2.45, 2.75) is 32.9 Å². The van der Waals surface area contributed by atoms with Crippen LogP contribution in [0, 0.1) is 12.7 Å². The maximum atomic E-state index is 14.0. The first-order chi connectivity index (χ1) is 9.49. The maximum Gasteiger partial charge on any atom is 0.129 e. The Morgan fingerprint density at radius 2 is 1.65 bits per heavy atom. The number of rotatable bonds is 4. The van der Waals surface area contributed by atoms with E-state index in [1.807, 2.05) is 31.2 Å². The van der Waals surface area contributed by atoms with E-state index >= 15 is 0 Å². The SMILES string of the molecule is Cc1ccccc1[C@H](C)NC(C)c1ccc(Br)cc1F. The number of halogens is 2. The van der Waals surface area contributed by atoms with E-state index < -0.39 is 0 Å². The minimum atomic E-state index is -0.184. The van der Waals surface area contributed by atoms with Gasteiger partial charge in [0.25, 0.3) is 0 Å². The van der Waals surface area contributed by atoms with Crippen molar-refractivity contribution in [2.24, 2.45) is 0 Å². The zero-order valence-corrected chi connectivity index (χ0v) is 13.5. The molecule has 20 heavy (non-hydrogen) atoms. The van der Waals surface area contributed by atoms with Crippen LogP contribution < -0.4 is 5.32 Å². The second-order valence-electron chi connectivity index (χ2n) is 5.13. The lowest BCUT2D eigenvalue weighted by Gasteiger charge is -2.22. The number of aryl methyl sites for hydroxylation is 1. The summed E-state index contributed by atoms with van der Waals surface area (Å²) in [5, 5.41) is 3.46.